The van der Waals surface area contributed by atoms with E-state index >= 15 is 0 Å². The number of hydrogen-bond donors (Lipinski definition) is 0. The molecule has 0 N–H and O–H groups in total. The van der Waals surface area contributed by atoms with E-state index in [-0.39, 0.29) is 5.75 Å². The molecule has 1 aromatic rings. The van der Waals surface area contributed by atoms with Gasteiger partial charge in [-0.3, -0.25) is 4.79 Å². The van der Waals surface area contributed by atoms with E-state index in [0.29, 0.717) is 5.56 Å². The van der Waals surface area contributed by atoms with Crippen LogP contribution in [0, 0.1) is 6.92 Å². The first kappa shape index (κ1) is 14.9. The molecule has 17 heavy (non-hydrogen) atoms. The molecule has 94 valence electrons. The van der Waals surface area contributed by atoms with Crippen molar-refractivity contribution < 1.29 is 13.2 Å². The van der Waals surface area contributed by atoms with Gasteiger partial charge in [-0.2, -0.15) is 0 Å². The van der Waals surface area contributed by atoms with Crippen molar-refractivity contribution in [2.45, 2.75) is 16.4 Å². The van der Waals surface area contributed by atoms with Crippen LogP contribution in [0.15, 0.2) is 24.3 Å². The van der Waals surface area contributed by atoms with Gasteiger partial charge in [-0.15, -0.1) is 0 Å². The van der Waals surface area contributed by atoms with Crippen LogP contribution in [0.2, 0.25) is 0 Å². The number of alkyl halides is 2. The number of halogens is 2. The summed E-state index contributed by atoms with van der Waals surface area (Å²) < 4.78 is 21.9. The van der Waals surface area contributed by atoms with Crippen LogP contribution < -0.4 is 0 Å². The summed E-state index contributed by atoms with van der Waals surface area (Å²) in [5.41, 5.74) is 1.13. The van der Waals surface area contributed by atoms with Gasteiger partial charge in [-0.05, 0) is 44.3 Å². The van der Waals surface area contributed by atoms with Crippen LogP contribution in [0.5, 0.6) is 0 Å². The summed E-state index contributed by atoms with van der Waals surface area (Å²) in [6, 6.07) is 6.88. The lowest BCUT2D eigenvalue weighted by atomic mass is 10.1. The molecule has 0 heterocycles. The van der Waals surface area contributed by atoms with Crippen LogP contribution >= 0.6 is 31.9 Å². The molecule has 0 aliphatic heterocycles. The van der Waals surface area contributed by atoms with E-state index in [1.54, 1.807) is 31.2 Å². The molecule has 0 spiro atoms. The van der Waals surface area contributed by atoms with Gasteiger partial charge in [0.15, 0.2) is 9.84 Å². The summed E-state index contributed by atoms with van der Waals surface area (Å²) in [6.45, 7) is 3.26. The first-order valence-electron chi connectivity index (χ1n) is 4.94. The second kappa shape index (κ2) is 5.20. The van der Waals surface area contributed by atoms with Crippen LogP contribution in [-0.2, 0) is 9.84 Å². The molecule has 3 nitrogen and oxygen atoms in total. The maximum Gasteiger partial charge on any atom is 0.243 e. The molecule has 0 atom stereocenters. The van der Waals surface area contributed by atoms with Crippen molar-refractivity contribution in [3.63, 3.8) is 0 Å². The van der Waals surface area contributed by atoms with Crippen molar-refractivity contribution in [1.29, 1.82) is 0 Å². The molecular formula is C11H12Br2O3S. The molecule has 0 aromatic heterocycles. The lowest BCUT2D eigenvalue weighted by Gasteiger charge is -2.19. The van der Waals surface area contributed by atoms with Gasteiger partial charge < -0.3 is 0 Å². The molecular weight excluding hydrogens is 372 g/mol. The largest absolute Gasteiger partial charge is 0.290 e. The van der Waals surface area contributed by atoms with Crippen LogP contribution in [-0.4, -0.2) is 22.5 Å². The zero-order chi connectivity index (χ0) is 13.3. The monoisotopic (exact) mass is 382 g/mol. The SMILES string of the molecule is CCS(=O)(=O)C(Br)(Br)C(=O)c1ccccc1C. The molecule has 0 saturated heterocycles. The molecule has 0 bridgehead atoms. The van der Waals surface area contributed by atoms with Crippen LogP contribution in [0.4, 0.5) is 0 Å². The van der Waals surface area contributed by atoms with E-state index in [9.17, 15) is 13.2 Å². The number of Topliss-reactive ketones (excluding diaryl/α,β-unsaturated/α-hetero) is 1. The fraction of sp³-hybridized carbons (Fsp3) is 0.364. The third kappa shape index (κ3) is 2.80. The van der Waals surface area contributed by atoms with E-state index in [0.717, 1.165) is 5.56 Å². The molecule has 0 aliphatic carbocycles. The smallest absolute Gasteiger partial charge is 0.243 e. The van der Waals surface area contributed by atoms with Crippen molar-refractivity contribution >= 4 is 47.5 Å². The van der Waals surface area contributed by atoms with Crippen LogP contribution in [0.1, 0.15) is 22.8 Å². The van der Waals surface area contributed by atoms with Gasteiger partial charge in [0.1, 0.15) is 0 Å². The fourth-order valence-corrected chi connectivity index (χ4v) is 3.86. The number of rotatable bonds is 4. The summed E-state index contributed by atoms with van der Waals surface area (Å²) in [5.74, 6) is -0.626. The van der Waals surface area contributed by atoms with Crippen LogP contribution in [0.25, 0.3) is 0 Å². The number of hydrogen-bond acceptors (Lipinski definition) is 3. The topological polar surface area (TPSA) is 51.2 Å². The standard InChI is InChI=1S/C11H12Br2O3S/c1-3-17(15,16)11(12,13)10(14)9-7-5-4-6-8(9)2/h4-7H,3H2,1-2H3. The van der Waals surface area contributed by atoms with E-state index in [4.69, 9.17) is 0 Å². The minimum absolute atomic E-state index is 0.124. The van der Waals surface area contributed by atoms with E-state index in [1.165, 1.54) is 6.92 Å². The third-order valence-corrected chi connectivity index (χ3v) is 7.83. The Labute approximate surface area is 118 Å². The van der Waals surface area contributed by atoms with Gasteiger partial charge in [0, 0.05) is 5.56 Å². The van der Waals surface area contributed by atoms with E-state index in [1.807, 2.05) is 0 Å². The third-order valence-electron chi connectivity index (χ3n) is 2.42. The Morgan fingerprint density at radius 2 is 1.82 bits per heavy atom. The highest BCUT2D eigenvalue weighted by atomic mass is 79.9. The molecule has 0 fully saturated rings. The number of carbonyl (C=O) groups excluding carboxylic acids is 1. The van der Waals surface area contributed by atoms with Gasteiger partial charge in [-0.25, -0.2) is 8.42 Å². The Kier molecular flexibility index (Phi) is 4.54. The second-order valence-corrected chi connectivity index (χ2v) is 10.5. The predicted octanol–water partition coefficient (Wildman–Crippen LogP) is 3.06. The van der Waals surface area contributed by atoms with Crippen molar-refractivity contribution in [2.75, 3.05) is 5.75 Å². The Hall–Kier alpha value is -0.200. The van der Waals surface area contributed by atoms with E-state index in [2.05, 4.69) is 31.9 Å². The molecule has 6 heteroatoms. The maximum atomic E-state index is 12.2. The number of aryl methyl sites for hydroxylation is 1. The summed E-state index contributed by atoms with van der Waals surface area (Å²) in [6.07, 6.45) is 0. The molecule has 0 unspecified atom stereocenters. The molecule has 1 aromatic carbocycles. The average Bonchev–Trinajstić information content (AvgIpc) is 2.28. The number of sulfone groups is 1. The van der Waals surface area contributed by atoms with Crippen molar-refractivity contribution in [3.05, 3.63) is 35.4 Å². The zero-order valence-electron chi connectivity index (χ0n) is 9.41. The molecule has 0 saturated carbocycles. The maximum absolute atomic E-state index is 12.2. The lowest BCUT2D eigenvalue weighted by molar-refractivity contribution is 0.100. The van der Waals surface area contributed by atoms with Gasteiger partial charge in [0.2, 0.25) is 8.35 Å². The minimum Gasteiger partial charge on any atom is -0.290 e. The quantitative estimate of drug-likeness (QED) is 0.593. The number of carbonyl (C=O) groups is 1. The highest BCUT2D eigenvalue weighted by molar-refractivity contribution is 9.28. The van der Waals surface area contributed by atoms with Crippen molar-refractivity contribution in [2.24, 2.45) is 0 Å². The Bertz CT molecular complexity index is 535. The average molecular weight is 384 g/mol. The summed E-state index contributed by atoms with van der Waals surface area (Å²) in [7, 11) is -3.58. The molecule has 0 aliphatic rings. The normalized spacial score (nSPS) is 12.5. The number of ketones is 1. The zero-order valence-corrected chi connectivity index (χ0v) is 13.4. The summed E-state index contributed by atoms with van der Waals surface area (Å²) in [4.78, 5) is 12.2. The first-order valence-corrected chi connectivity index (χ1v) is 8.18. The predicted molar refractivity (Wildman–Crippen MR) is 75.6 cm³/mol. The number of benzene rings is 1. The van der Waals surface area contributed by atoms with Gasteiger partial charge >= 0.3 is 0 Å². The first-order chi connectivity index (χ1) is 7.74. The van der Waals surface area contributed by atoms with Crippen LogP contribution in [0.3, 0.4) is 0 Å². The Balaban J connectivity index is 3.28. The molecule has 0 amide bonds. The molecule has 0 radical (unpaired) electrons. The van der Waals surface area contributed by atoms with Gasteiger partial charge in [0.25, 0.3) is 0 Å². The van der Waals surface area contributed by atoms with Crippen molar-refractivity contribution in [3.8, 4) is 0 Å². The summed E-state index contributed by atoms with van der Waals surface area (Å²) >= 11 is 5.96. The minimum atomic E-state index is -3.58. The fourth-order valence-electron chi connectivity index (χ4n) is 1.31. The second-order valence-electron chi connectivity index (χ2n) is 3.56. The Morgan fingerprint density at radius 3 is 2.29 bits per heavy atom. The highest BCUT2D eigenvalue weighted by Gasteiger charge is 2.45. The lowest BCUT2D eigenvalue weighted by Crippen LogP contribution is -2.36. The molecule has 1 rings (SSSR count). The van der Waals surface area contributed by atoms with Gasteiger partial charge in [0.05, 0.1) is 5.75 Å². The highest BCUT2D eigenvalue weighted by Crippen LogP contribution is 2.37. The summed E-state index contributed by atoms with van der Waals surface area (Å²) in [5, 5.41) is 0. The van der Waals surface area contributed by atoms with Crippen molar-refractivity contribution in [1.82, 2.24) is 0 Å². The Morgan fingerprint density at radius 1 is 1.29 bits per heavy atom. The van der Waals surface area contributed by atoms with E-state index < -0.39 is 18.2 Å². The van der Waals surface area contributed by atoms with Gasteiger partial charge in [-0.1, -0.05) is 31.2 Å².